The number of benzene rings is 1. The van der Waals surface area contributed by atoms with E-state index in [9.17, 15) is 0 Å². The number of aryl methyl sites for hydroxylation is 1. The van der Waals surface area contributed by atoms with Gasteiger partial charge in [0.15, 0.2) is 11.0 Å². The molecule has 0 spiro atoms. The highest BCUT2D eigenvalue weighted by Crippen LogP contribution is 2.35. The number of nitrogens with zero attached hydrogens (tertiary/aromatic N) is 3. The van der Waals surface area contributed by atoms with Gasteiger partial charge in [0.05, 0.1) is 30.4 Å². The standard InChI is InChI=1S/C19H21N3O3S2/c1-13-5-6-16(23-2)15(10-13)22-18(17-4-3-9-26-17)20-21-19(22)27-11-14-7-8-24-12-25-14/h3-6,9-10,14H,7-8,11-12H2,1-2H3. The fourth-order valence-corrected chi connectivity index (χ4v) is 4.63. The van der Waals surface area contributed by atoms with E-state index < -0.39 is 0 Å². The summed E-state index contributed by atoms with van der Waals surface area (Å²) in [5.74, 6) is 2.42. The van der Waals surface area contributed by atoms with E-state index in [1.54, 1.807) is 30.2 Å². The molecule has 4 rings (SSSR count). The Morgan fingerprint density at radius 1 is 1.33 bits per heavy atom. The van der Waals surface area contributed by atoms with Gasteiger partial charge in [-0.05, 0) is 42.5 Å². The van der Waals surface area contributed by atoms with Crippen LogP contribution < -0.4 is 4.74 Å². The second kappa shape index (κ2) is 8.43. The lowest BCUT2D eigenvalue weighted by atomic mass is 10.2. The number of thioether (sulfide) groups is 1. The van der Waals surface area contributed by atoms with Gasteiger partial charge < -0.3 is 14.2 Å². The molecular formula is C19H21N3O3S2. The van der Waals surface area contributed by atoms with Gasteiger partial charge >= 0.3 is 0 Å². The van der Waals surface area contributed by atoms with Crippen LogP contribution in [0, 0.1) is 6.92 Å². The van der Waals surface area contributed by atoms with Gasteiger partial charge in [-0.15, -0.1) is 21.5 Å². The van der Waals surface area contributed by atoms with E-state index in [0.717, 1.165) is 51.6 Å². The molecule has 0 bridgehead atoms. The van der Waals surface area contributed by atoms with Gasteiger partial charge in [-0.25, -0.2) is 0 Å². The van der Waals surface area contributed by atoms with Gasteiger partial charge in [-0.2, -0.15) is 0 Å². The van der Waals surface area contributed by atoms with Crippen molar-refractivity contribution in [3.63, 3.8) is 0 Å². The first kappa shape index (κ1) is 18.5. The summed E-state index contributed by atoms with van der Waals surface area (Å²) in [7, 11) is 1.69. The minimum atomic E-state index is 0.165. The molecule has 1 saturated heterocycles. The second-order valence-corrected chi connectivity index (χ2v) is 8.14. The number of hydrogen-bond donors (Lipinski definition) is 0. The highest BCUT2D eigenvalue weighted by Gasteiger charge is 2.22. The molecule has 0 N–H and O–H groups in total. The molecule has 8 heteroatoms. The predicted molar refractivity (Wildman–Crippen MR) is 107 cm³/mol. The average molecular weight is 404 g/mol. The van der Waals surface area contributed by atoms with Gasteiger partial charge in [-0.1, -0.05) is 23.9 Å². The Bertz CT molecular complexity index is 890. The number of aromatic nitrogens is 3. The van der Waals surface area contributed by atoms with E-state index in [1.807, 2.05) is 23.6 Å². The Kier molecular flexibility index (Phi) is 5.77. The lowest BCUT2D eigenvalue weighted by Gasteiger charge is -2.22. The van der Waals surface area contributed by atoms with E-state index in [-0.39, 0.29) is 6.10 Å². The first-order valence-electron chi connectivity index (χ1n) is 8.72. The van der Waals surface area contributed by atoms with Crippen LogP contribution in [0.2, 0.25) is 0 Å². The minimum absolute atomic E-state index is 0.165. The summed E-state index contributed by atoms with van der Waals surface area (Å²) >= 11 is 3.30. The number of hydrogen-bond acceptors (Lipinski definition) is 7. The smallest absolute Gasteiger partial charge is 0.196 e. The molecular weight excluding hydrogens is 382 g/mol. The third kappa shape index (κ3) is 4.03. The van der Waals surface area contributed by atoms with E-state index in [0.29, 0.717) is 6.79 Å². The first-order valence-corrected chi connectivity index (χ1v) is 10.6. The van der Waals surface area contributed by atoms with Crippen molar-refractivity contribution >= 4 is 23.1 Å². The molecule has 0 saturated carbocycles. The van der Waals surface area contributed by atoms with Crippen LogP contribution in [0.25, 0.3) is 16.4 Å². The Labute approximate surface area is 166 Å². The van der Waals surface area contributed by atoms with Crippen molar-refractivity contribution in [2.75, 3.05) is 26.3 Å². The van der Waals surface area contributed by atoms with Crippen LogP contribution in [0.1, 0.15) is 12.0 Å². The highest BCUT2D eigenvalue weighted by atomic mass is 32.2. The molecule has 3 heterocycles. The molecule has 1 unspecified atom stereocenters. The lowest BCUT2D eigenvalue weighted by molar-refractivity contribution is -0.130. The first-order chi connectivity index (χ1) is 13.3. The number of methoxy groups -OCH3 is 1. The van der Waals surface area contributed by atoms with Crippen molar-refractivity contribution in [2.24, 2.45) is 0 Å². The molecule has 0 aliphatic carbocycles. The topological polar surface area (TPSA) is 58.4 Å². The van der Waals surface area contributed by atoms with Crippen LogP contribution in [0.15, 0.2) is 40.9 Å². The molecule has 1 atom stereocenters. The summed E-state index contributed by atoms with van der Waals surface area (Å²) in [6.07, 6.45) is 1.06. The zero-order valence-electron chi connectivity index (χ0n) is 15.3. The monoisotopic (exact) mass is 403 g/mol. The van der Waals surface area contributed by atoms with Crippen LogP contribution in [-0.2, 0) is 9.47 Å². The van der Waals surface area contributed by atoms with Crippen LogP contribution in [0.3, 0.4) is 0 Å². The van der Waals surface area contributed by atoms with Gasteiger partial charge in [-0.3, -0.25) is 4.57 Å². The van der Waals surface area contributed by atoms with Gasteiger partial charge in [0.25, 0.3) is 0 Å². The van der Waals surface area contributed by atoms with Crippen LogP contribution >= 0.6 is 23.1 Å². The zero-order valence-corrected chi connectivity index (χ0v) is 16.9. The lowest BCUT2D eigenvalue weighted by Crippen LogP contribution is -2.25. The normalized spacial score (nSPS) is 17.2. The van der Waals surface area contributed by atoms with Crippen molar-refractivity contribution in [1.29, 1.82) is 0 Å². The average Bonchev–Trinajstić information content (AvgIpc) is 3.36. The fraction of sp³-hybridized carbons (Fsp3) is 0.368. The molecule has 27 heavy (non-hydrogen) atoms. The largest absolute Gasteiger partial charge is 0.495 e. The maximum Gasteiger partial charge on any atom is 0.196 e. The molecule has 1 aliphatic rings. The zero-order chi connectivity index (χ0) is 18.6. The van der Waals surface area contributed by atoms with Crippen LogP contribution in [0.4, 0.5) is 0 Å². The third-order valence-electron chi connectivity index (χ3n) is 4.32. The van der Waals surface area contributed by atoms with Crippen molar-refractivity contribution in [3.8, 4) is 22.1 Å². The summed E-state index contributed by atoms with van der Waals surface area (Å²) in [5, 5.41) is 11.8. The predicted octanol–water partition coefficient (Wildman–Crippen LogP) is 4.17. The van der Waals surface area contributed by atoms with E-state index in [4.69, 9.17) is 14.2 Å². The molecule has 0 amide bonds. The Hall–Kier alpha value is -1.87. The molecule has 2 aromatic heterocycles. The van der Waals surface area contributed by atoms with Crippen LogP contribution in [0.5, 0.6) is 5.75 Å². The van der Waals surface area contributed by atoms with Gasteiger partial charge in [0.2, 0.25) is 0 Å². The molecule has 1 aromatic carbocycles. The summed E-state index contributed by atoms with van der Waals surface area (Å²) < 4.78 is 18.6. The van der Waals surface area contributed by atoms with Crippen molar-refractivity contribution in [3.05, 3.63) is 41.3 Å². The van der Waals surface area contributed by atoms with Gasteiger partial charge in [0.1, 0.15) is 12.5 Å². The molecule has 1 fully saturated rings. The fourth-order valence-electron chi connectivity index (χ4n) is 2.92. The summed E-state index contributed by atoms with van der Waals surface area (Å²) in [6.45, 7) is 3.18. The number of thiophene rings is 1. The molecule has 6 nitrogen and oxygen atoms in total. The van der Waals surface area contributed by atoms with E-state index in [2.05, 4.69) is 33.8 Å². The number of ether oxygens (including phenoxy) is 3. The number of rotatable bonds is 6. The summed E-state index contributed by atoms with van der Waals surface area (Å²) in [4.78, 5) is 1.07. The van der Waals surface area contributed by atoms with Gasteiger partial charge in [0, 0.05) is 5.75 Å². The van der Waals surface area contributed by atoms with Crippen LogP contribution in [-0.4, -0.2) is 47.1 Å². The Balaban J connectivity index is 1.73. The quantitative estimate of drug-likeness (QED) is 0.576. The second-order valence-electron chi connectivity index (χ2n) is 6.21. The maximum absolute atomic E-state index is 5.67. The van der Waals surface area contributed by atoms with Crippen molar-refractivity contribution < 1.29 is 14.2 Å². The minimum Gasteiger partial charge on any atom is -0.495 e. The summed E-state index contributed by atoms with van der Waals surface area (Å²) in [6, 6.07) is 10.2. The van der Waals surface area contributed by atoms with Crippen molar-refractivity contribution in [1.82, 2.24) is 14.8 Å². The highest BCUT2D eigenvalue weighted by molar-refractivity contribution is 7.99. The molecule has 0 radical (unpaired) electrons. The molecule has 142 valence electrons. The SMILES string of the molecule is COc1ccc(C)cc1-n1c(SCC2CCOCO2)nnc1-c1cccs1. The summed E-state index contributed by atoms with van der Waals surface area (Å²) in [5.41, 5.74) is 2.10. The Morgan fingerprint density at radius 3 is 3.00 bits per heavy atom. The maximum atomic E-state index is 5.67. The molecule has 3 aromatic rings. The Morgan fingerprint density at radius 2 is 2.26 bits per heavy atom. The van der Waals surface area contributed by atoms with E-state index >= 15 is 0 Å². The van der Waals surface area contributed by atoms with Crippen molar-refractivity contribution in [2.45, 2.75) is 24.6 Å². The molecule has 1 aliphatic heterocycles. The van der Waals surface area contributed by atoms with E-state index in [1.165, 1.54) is 0 Å². The third-order valence-corrected chi connectivity index (χ3v) is 6.25.